The summed E-state index contributed by atoms with van der Waals surface area (Å²) >= 11 is 0. The predicted molar refractivity (Wildman–Crippen MR) is 82.2 cm³/mol. The van der Waals surface area contributed by atoms with Crippen molar-refractivity contribution < 1.29 is 0 Å². The van der Waals surface area contributed by atoms with Gasteiger partial charge in [0.1, 0.15) is 0 Å². The van der Waals surface area contributed by atoms with Gasteiger partial charge in [-0.15, -0.1) is 0 Å². The zero-order chi connectivity index (χ0) is 14.2. The van der Waals surface area contributed by atoms with Crippen LogP contribution in [-0.4, -0.2) is 4.57 Å². The van der Waals surface area contributed by atoms with E-state index >= 15 is 0 Å². The molecule has 2 unspecified atom stereocenters. The maximum atomic E-state index is 6.36. The lowest BCUT2D eigenvalue weighted by Gasteiger charge is -2.36. The molecule has 0 saturated heterocycles. The Balaban J connectivity index is 2.35. The van der Waals surface area contributed by atoms with Gasteiger partial charge in [0.05, 0.1) is 0 Å². The maximum Gasteiger partial charge on any atom is 0.0333 e. The number of aromatic nitrogens is 1. The van der Waals surface area contributed by atoms with E-state index in [-0.39, 0.29) is 6.04 Å². The van der Waals surface area contributed by atoms with E-state index in [0.717, 1.165) is 18.8 Å². The van der Waals surface area contributed by atoms with Crippen molar-refractivity contribution in [2.75, 3.05) is 0 Å². The van der Waals surface area contributed by atoms with E-state index in [4.69, 9.17) is 5.73 Å². The van der Waals surface area contributed by atoms with Gasteiger partial charge in [0, 0.05) is 24.0 Å². The number of hydrogen-bond donors (Lipinski definition) is 1. The van der Waals surface area contributed by atoms with Crippen molar-refractivity contribution in [2.45, 2.75) is 72.4 Å². The highest BCUT2D eigenvalue weighted by molar-refractivity contribution is 5.30. The van der Waals surface area contributed by atoms with Crippen LogP contribution in [0.2, 0.25) is 0 Å². The number of nitrogens with zero attached hydrogens (tertiary/aromatic N) is 1. The van der Waals surface area contributed by atoms with Gasteiger partial charge in [0.2, 0.25) is 0 Å². The molecule has 1 heterocycles. The van der Waals surface area contributed by atoms with E-state index < -0.39 is 0 Å². The highest BCUT2D eigenvalue weighted by atomic mass is 15.0. The minimum atomic E-state index is 0.217. The van der Waals surface area contributed by atoms with Gasteiger partial charge >= 0.3 is 0 Å². The fraction of sp³-hybridized carbons (Fsp3) is 0.765. The van der Waals surface area contributed by atoms with Crippen molar-refractivity contribution in [2.24, 2.45) is 17.1 Å². The first-order valence-electron chi connectivity index (χ1n) is 7.84. The van der Waals surface area contributed by atoms with Gasteiger partial charge in [-0.1, -0.05) is 40.5 Å². The summed E-state index contributed by atoms with van der Waals surface area (Å²) in [6.07, 6.45) is 7.03. The lowest BCUT2D eigenvalue weighted by molar-refractivity contribution is 0.260. The molecule has 1 aromatic heterocycles. The second-order valence-electron chi connectivity index (χ2n) is 7.09. The quantitative estimate of drug-likeness (QED) is 0.853. The molecule has 2 N–H and O–H groups in total. The Labute approximate surface area is 118 Å². The number of rotatable bonds is 4. The summed E-state index contributed by atoms with van der Waals surface area (Å²) < 4.78 is 2.51. The van der Waals surface area contributed by atoms with Gasteiger partial charge < -0.3 is 10.3 Å². The van der Waals surface area contributed by atoms with Gasteiger partial charge in [-0.3, -0.25) is 0 Å². The molecule has 19 heavy (non-hydrogen) atoms. The maximum absolute atomic E-state index is 6.36. The Bertz CT molecular complexity index is 426. The molecule has 0 spiro atoms. The monoisotopic (exact) mass is 262 g/mol. The minimum absolute atomic E-state index is 0.217. The molecule has 0 aromatic carbocycles. The van der Waals surface area contributed by atoms with Crippen molar-refractivity contribution in [1.29, 1.82) is 0 Å². The molecular formula is C17H30N2. The fourth-order valence-electron chi connectivity index (χ4n) is 3.84. The molecule has 2 atom stereocenters. The number of fused-ring (bicyclic) bond motifs is 1. The first-order valence-corrected chi connectivity index (χ1v) is 7.84. The molecule has 0 radical (unpaired) electrons. The molecule has 2 rings (SSSR count). The van der Waals surface area contributed by atoms with Crippen LogP contribution in [0.25, 0.3) is 0 Å². The SMILES string of the molecule is CCC(CC)C(C)n1ccc2c1CC(C)(C)CC2N. The van der Waals surface area contributed by atoms with E-state index in [9.17, 15) is 0 Å². The third-order valence-corrected chi connectivity index (χ3v) is 5.05. The van der Waals surface area contributed by atoms with Crippen LogP contribution in [-0.2, 0) is 6.42 Å². The van der Waals surface area contributed by atoms with Crippen LogP contribution in [0, 0.1) is 11.3 Å². The topological polar surface area (TPSA) is 30.9 Å². The number of hydrogen-bond acceptors (Lipinski definition) is 1. The summed E-state index contributed by atoms with van der Waals surface area (Å²) in [6.45, 7) is 11.7. The first kappa shape index (κ1) is 14.6. The van der Waals surface area contributed by atoms with E-state index in [0.29, 0.717) is 11.5 Å². The van der Waals surface area contributed by atoms with Crippen LogP contribution in [0.3, 0.4) is 0 Å². The van der Waals surface area contributed by atoms with Crippen LogP contribution in [0.4, 0.5) is 0 Å². The second kappa shape index (κ2) is 5.32. The molecule has 0 bridgehead atoms. The number of nitrogens with two attached hydrogens (primary N) is 1. The normalized spacial score (nSPS) is 23.4. The van der Waals surface area contributed by atoms with Crippen molar-refractivity contribution in [1.82, 2.24) is 4.57 Å². The summed E-state index contributed by atoms with van der Waals surface area (Å²) in [5.74, 6) is 0.762. The largest absolute Gasteiger partial charge is 0.348 e. The minimum Gasteiger partial charge on any atom is -0.348 e. The predicted octanol–water partition coefficient (Wildman–Crippen LogP) is 4.46. The van der Waals surface area contributed by atoms with Crippen LogP contribution in [0.1, 0.15) is 77.2 Å². The average Bonchev–Trinajstić information content (AvgIpc) is 2.72. The molecule has 2 nitrogen and oxygen atoms in total. The van der Waals surface area contributed by atoms with Crippen LogP contribution < -0.4 is 5.73 Å². The molecule has 108 valence electrons. The molecule has 0 fully saturated rings. The Kier molecular flexibility index (Phi) is 4.10. The van der Waals surface area contributed by atoms with Gasteiger partial charge in [0.15, 0.2) is 0 Å². The van der Waals surface area contributed by atoms with Crippen molar-refractivity contribution >= 4 is 0 Å². The van der Waals surface area contributed by atoms with Gasteiger partial charge in [-0.25, -0.2) is 0 Å². The van der Waals surface area contributed by atoms with Gasteiger partial charge in [-0.05, 0) is 42.7 Å². The molecule has 0 aliphatic heterocycles. The highest BCUT2D eigenvalue weighted by Crippen LogP contribution is 2.41. The van der Waals surface area contributed by atoms with Crippen molar-refractivity contribution in [3.8, 4) is 0 Å². The average molecular weight is 262 g/mol. The van der Waals surface area contributed by atoms with Crippen molar-refractivity contribution in [3.05, 3.63) is 23.5 Å². The Morgan fingerprint density at radius 2 is 2.00 bits per heavy atom. The van der Waals surface area contributed by atoms with Crippen LogP contribution in [0.15, 0.2) is 12.3 Å². The standard InChI is InChI=1S/C17H30N2/c1-6-13(7-2)12(3)19-9-8-14-15(18)10-17(4,5)11-16(14)19/h8-9,12-13,15H,6-7,10-11,18H2,1-5H3. The van der Waals surface area contributed by atoms with Crippen LogP contribution >= 0.6 is 0 Å². The summed E-state index contributed by atoms with van der Waals surface area (Å²) in [5, 5.41) is 0. The lowest BCUT2D eigenvalue weighted by atomic mass is 9.74. The molecule has 1 aromatic rings. The van der Waals surface area contributed by atoms with E-state index in [1.165, 1.54) is 24.1 Å². The summed E-state index contributed by atoms with van der Waals surface area (Å²) in [7, 11) is 0. The fourth-order valence-corrected chi connectivity index (χ4v) is 3.84. The smallest absolute Gasteiger partial charge is 0.0333 e. The highest BCUT2D eigenvalue weighted by Gasteiger charge is 2.33. The van der Waals surface area contributed by atoms with Crippen LogP contribution in [0.5, 0.6) is 0 Å². The van der Waals surface area contributed by atoms with E-state index in [1.807, 2.05) is 0 Å². The Morgan fingerprint density at radius 3 is 2.58 bits per heavy atom. The van der Waals surface area contributed by atoms with Gasteiger partial charge in [0.25, 0.3) is 0 Å². The van der Waals surface area contributed by atoms with Gasteiger partial charge in [-0.2, -0.15) is 0 Å². The Morgan fingerprint density at radius 1 is 1.37 bits per heavy atom. The third-order valence-electron chi connectivity index (χ3n) is 5.05. The Hall–Kier alpha value is -0.760. The zero-order valence-electron chi connectivity index (χ0n) is 13.2. The molecule has 1 aliphatic rings. The van der Waals surface area contributed by atoms with Crippen molar-refractivity contribution in [3.63, 3.8) is 0 Å². The third kappa shape index (κ3) is 2.74. The molecule has 0 saturated carbocycles. The molecular weight excluding hydrogens is 232 g/mol. The van der Waals surface area contributed by atoms with E-state index in [2.05, 4.69) is 51.4 Å². The molecule has 0 amide bonds. The van der Waals surface area contributed by atoms with E-state index in [1.54, 1.807) is 0 Å². The second-order valence-corrected chi connectivity index (χ2v) is 7.09. The molecule has 2 heteroatoms. The summed E-state index contributed by atoms with van der Waals surface area (Å²) in [5.41, 5.74) is 9.57. The molecule has 1 aliphatic carbocycles. The zero-order valence-corrected chi connectivity index (χ0v) is 13.2. The first-order chi connectivity index (χ1) is 8.89. The summed E-state index contributed by atoms with van der Waals surface area (Å²) in [6, 6.07) is 3.06. The summed E-state index contributed by atoms with van der Waals surface area (Å²) in [4.78, 5) is 0. The lowest BCUT2D eigenvalue weighted by Crippen LogP contribution is -2.31.